The van der Waals surface area contributed by atoms with Crippen LogP contribution in [0.15, 0.2) is 30.3 Å². The third-order valence-electron chi connectivity index (χ3n) is 5.18. The molecule has 4 atom stereocenters. The second kappa shape index (κ2) is 5.11. The van der Waals surface area contributed by atoms with E-state index in [2.05, 4.69) is 45.3 Å². The fourth-order valence-electron chi connectivity index (χ4n) is 4.18. The fraction of sp³-hybridized carbons (Fsp3) is 0.588. The molecule has 4 nitrogen and oxygen atoms in total. The van der Waals surface area contributed by atoms with Crippen molar-refractivity contribution < 1.29 is 14.3 Å². The molecule has 114 valence electrons. The first-order chi connectivity index (χ1) is 9.90. The summed E-state index contributed by atoms with van der Waals surface area (Å²) < 4.78 is 0.543. The van der Waals surface area contributed by atoms with Gasteiger partial charge < -0.3 is 4.90 Å². The van der Waals surface area contributed by atoms with Crippen molar-refractivity contribution in [1.29, 1.82) is 0 Å². The Morgan fingerprint density at radius 3 is 2.62 bits per heavy atom. The zero-order valence-corrected chi connectivity index (χ0v) is 13.3. The maximum atomic E-state index is 12.4. The number of hydrogen-bond donors (Lipinski definition) is 0. The van der Waals surface area contributed by atoms with Crippen LogP contribution in [0, 0.1) is 5.92 Å². The Balaban J connectivity index is 1.93. The van der Waals surface area contributed by atoms with Crippen LogP contribution in [0.5, 0.6) is 0 Å². The third kappa shape index (κ3) is 2.47. The summed E-state index contributed by atoms with van der Waals surface area (Å²) in [5.74, 6) is 0.562. The molecule has 21 heavy (non-hydrogen) atoms. The van der Waals surface area contributed by atoms with Crippen molar-refractivity contribution in [2.45, 2.75) is 38.0 Å². The SMILES string of the molecule is C[C@@H]1O[N+](C)(C)[C@@H]2[C@H]1CC(=O)N(C)[C@H]2Cc1ccccc1. The highest BCUT2D eigenvalue weighted by molar-refractivity contribution is 5.78. The molecular weight excluding hydrogens is 264 g/mol. The molecule has 0 aromatic heterocycles. The van der Waals surface area contributed by atoms with E-state index in [0.29, 0.717) is 23.0 Å². The van der Waals surface area contributed by atoms with Crippen LogP contribution in [0.3, 0.4) is 0 Å². The average Bonchev–Trinajstić information content (AvgIpc) is 2.65. The molecule has 0 unspecified atom stereocenters. The molecule has 0 bridgehead atoms. The average molecular weight is 289 g/mol. The third-order valence-corrected chi connectivity index (χ3v) is 5.18. The first-order valence-corrected chi connectivity index (χ1v) is 7.72. The summed E-state index contributed by atoms with van der Waals surface area (Å²) in [7, 11) is 6.17. The number of piperidine rings is 1. The van der Waals surface area contributed by atoms with Gasteiger partial charge in [0, 0.05) is 13.5 Å². The molecule has 4 heteroatoms. The highest BCUT2D eigenvalue weighted by Crippen LogP contribution is 2.41. The molecule has 0 radical (unpaired) electrons. The van der Waals surface area contributed by atoms with Crippen LogP contribution >= 0.6 is 0 Å². The summed E-state index contributed by atoms with van der Waals surface area (Å²) in [4.78, 5) is 20.4. The largest absolute Gasteiger partial charge is 0.336 e. The van der Waals surface area contributed by atoms with Gasteiger partial charge >= 0.3 is 0 Å². The van der Waals surface area contributed by atoms with Crippen molar-refractivity contribution in [2.24, 2.45) is 5.92 Å². The zero-order chi connectivity index (χ0) is 15.2. The van der Waals surface area contributed by atoms with Crippen LogP contribution in [-0.4, -0.2) is 54.8 Å². The lowest BCUT2D eigenvalue weighted by atomic mass is 9.80. The minimum absolute atomic E-state index is 0.140. The second-order valence-corrected chi connectivity index (χ2v) is 6.86. The molecule has 2 saturated heterocycles. The van der Waals surface area contributed by atoms with E-state index in [1.165, 1.54) is 5.56 Å². The summed E-state index contributed by atoms with van der Waals surface area (Å²) in [5.41, 5.74) is 1.28. The number of hydroxylamine groups is 3. The quantitative estimate of drug-likeness (QED) is 0.778. The molecule has 1 aromatic carbocycles. The van der Waals surface area contributed by atoms with E-state index < -0.39 is 0 Å². The first kappa shape index (κ1) is 14.5. The number of likely N-dealkylation sites (tertiary alicyclic amines) is 1. The van der Waals surface area contributed by atoms with Crippen LogP contribution < -0.4 is 0 Å². The van der Waals surface area contributed by atoms with Gasteiger partial charge in [0.25, 0.3) is 0 Å². The lowest BCUT2D eigenvalue weighted by Gasteiger charge is -2.43. The lowest BCUT2D eigenvalue weighted by molar-refractivity contribution is -1.08. The van der Waals surface area contributed by atoms with E-state index in [4.69, 9.17) is 4.84 Å². The number of rotatable bonds is 2. The van der Waals surface area contributed by atoms with Gasteiger partial charge in [-0.25, -0.2) is 0 Å². The molecule has 2 heterocycles. The fourth-order valence-corrected chi connectivity index (χ4v) is 4.18. The van der Waals surface area contributed by atoms with Crippen LogP contribution in [0.2, 0.25) is 0 Å². The number of likely N-dealkylation sites (N-methyl/N-ethyl adjacent to an activating group) is 2. The lowest BCUT2D eigenvalue weighted by Crippen LogP contribution is -2.62. The zero-order valence-electron chi connectivity index (χ0n) is 13.3. The van der Waals surface area contributed by atoms with Crippen LogP contribution in [0.1, 0.15) is 18.9 Å². The maximum absolute atomic E-state index is 12.4. The Hall–Kier alpha value is -1.39. The van der Waals surface area contributed by atoms with Gasteiger partial charge in [0.2, 0.25) is 5.91 Å². The normalized spacial score (nSPS) is 34.9. The van der Waals surface area contributed by atoms with Gasteiger partial charge in [-0.1, -0.05) is 30.3 Å². The number of amides is 1. The Kier molecular flexibility index (Phi) is 3.54. The summed E-state index contributed by atoms with van der Waals surface area (Å²) in [6.07, 6.45) is 1.64. The standard InChI is InChI=1S/C17H25N2O2/c1-12-14-11-16(20)18(2)15(17(14)19(3,4)21-12)10-13-8-6-5-7-9-13/h5-9,12,14-15,17H,10-11H2,1-4H3/q+1/t12-,14-,15-,17+/m0/s1. The van der Waals surface area contributed by atoms with Crippen molar-refractivity contribution in [2.75, 3.05) is 21.1 Å². The predicted molar refractivity (Wildman–Crippen MR) is 81.3 cm³/mol. The number of hydrogen-bond acceptors (Lipinski definition) is 2. The topological polar surface area (TPSA) is 29.5 Å². The first-order valence-electron chi connectivity index (χ1n) is 7.72. The number of carbonyl (C=O) groups is 1. The van der Waals surface area contributed by atoms with E-state index in [0.717, 1.165) is 6.42 Å². The molecule has 3 rings (SSSR count). The van der Waals surface area contributed by atoms with E-state index >= 15 is 0 Å². The summed E-state index contributed by atoms with van der Waals surface area (Å²) >= 11 is 0. The highest BCUT2D eigenvalue weighted by atomic mass is 16.7. The molecule has 0 aliphatic carbocycles. The van der Waals surface area contributed by atoms with E-state index in [-0.39, 0.29) is 18.1 Å². The molecule has 2 aliphatic heterocycles. The Morgan fingerprint density at radius 1 is 1.29 bits per heavy atom. The van der Waals surface area contributed by atoms with E-state index in [1.54, 1.807) is 0 Å². The maximum Gasteiger partial charge on any atom is 0.223 e. The van der Waals surface area contributed by atoms with E-state index in [9.17, 15) is 4.79 Å². The minimum atomic E-state index is 0.140. The number of nitrogens with zero attached hydrogens (tertiary/aromatic N) is 2. The van der Waals surface area contributed by atoms with E-state index in [1.807, 2.05) is 18.0 Å². The monoisotopic (exact) mass is 289 g/mol. The summed E-state index contributed by atoms with van der Waals surface area (Å²) in [5, 5.41) is 0. The van der Waals surface area contributed by atoms with Crippen molar-refractivity contribution in [1.82, 2.24) is 4.90 Å². The predicted octanol–water partition coefficient (Wildman–Crippen LogP) is 1.85. The summed E-state index contributed by atoms with van der Waals surface area (Å²) in [6.45, 7) is 2.10. The molecule has 2 fully saturated rings. The smallest absolute Gasteiger partial charge is 0.223 e. The molecular formula is C17H25N2O2+. The van der Waals surface area contributed by atoms with Gasteiger partial charge in [0.15, 0.2) is 0 Å². The molecule has 0 spiro atoms. The number of quaternary nitrogens is 1. The van der Waals surface area contributed by atoms with Crippen molar-refractivity contribution in [3.05, 3.63) is 35.9 Å². The van der Waals surface area contributed by atoms with Gasteiger partial charge in [-0.15, -0.1) is 0 Å². The summed E-state index contributed by atoms with van der Waals surface area (Å²) in [6, 6.07) is 11.0. The highest BCUT2D eigenvalue weighted by Gasteiger charge is 2.58. The Bertz CT molecular complexity index is 529. The second-order valence-electron chi connectivity index (χ2n) is 6.86. The Labute approximate surface area is 126 Å². The van der Waals surface area contributed by atoms with Crippen LogP contribution in [0.4, 0.5) is 0 Å². The van der Waals surface area contributed by atoms with Crippen LogP contribution in [-0.2, 0) is 16.1 Å². The molecule has 0 N–H and O–H groups in total. The van der Waals surface area contributed by atoms with Crippen molar-refractivity contribution in [3.8, 4) is 0 Å². The molecule has 1 amide bonds. The molecule has 2 aliphatic rings. The number of benzene rings is 1. The number of carbonyl (C=O) groups excluding carboxylic acids is 1. The van der Waals surface area contributed by atoms with Crippen molar-refractivity contribution >= 4 is 5.91 Å². The Morgan fingerprint density at radius 2 is 1.95 bits per heavy atom. The van der Waals surface area contributed by atoms with Crippen molar-refractivity contribution in [3.63, 3.8) is 0 Å². The van der Waals surface area contributed by atoms with Gasteiger partial charge in [0.05, 0.1) is 26.1 Å². The van der Waals surface area contributed by atoms with Gasteiger partial charge in [0.1, 0.15) is 12.1 Å². The number of fused-ring (bicyclic) bond motifs is 1. The minimum Gasteiger partial charge on any atom is -0.336 e. The van der Waals surface area contributed by atoms with Gasteiger partial charge in [-0.3, -0.25) is 4.79 Å². The van der Waals surface area contributed by atoms with Gasteiger partial charge in [-0.05, 0) is 18.9 Å². The molecule has 1 aromatic rings. The molecule has 0 saturated carbocycles. The van der Waals surface area contributed by atoms with Crippen LogP contribution in [0.25, 0.3) is 0 Å². The van der Waals surface area contributed by atoms with Gasteiger partial charge in [-0.2, -0.15) is 9.48 Å².